The predicted octanol–water partition coefficient (Wildman–Crippen LogP) is 6.30. The van der Waals surface area contributed by atoms with Gasteiger partial charge in [-0.3, -0.25) is 0 Å². The van der Waals surface area contributed by atoms with Gasteiger partial charge in [-0.1, -0.05) is 72.0 Å². The van der Waals surface area contributed by atoms with Crippen LogP contribution in [0.4, 0.5) is 0 Å². The second-order valence-electron chi connectivity index (χ2n) is 7.99. The first-order chi connectivity index (χ1) is 8.97. The summed E-state index contributed by atoms with van der Waals surface area (Å²) in [5.41, 5.74) is 1.15. The van der Waals surface area contributed by atoms with Crippen LogP contribution in [0.5, 0.6) is 0 Å². The van der Waals surface area contributed by atoms with Gasteiger partial charge in [0.2, 0.25) is 0 Å². The maximum atomic E-state index is 5.71. The zero-order valence-corrected chi connectivity index (χ0v) is 13.8. The van der Waals surface area contributed by atoms with Crippen LogP contribution in [0.15, 0.2) is 0 Å². The van der Waals surface area contributed by atoms with Gasteiger partial charge < -0.3 is 0 Å². The maximum Gasteiger partial charge on any atom is 0.0653 e. The van der Waals surface area contributed by atoms with E-state index in [9.17, 15) is 0 Å². The van der Waals surface area contributed by atoms with Gasteiger partial charge in [-0.25, -0.2) is 0 Å². The molecule has 0 aromatic heterocycles. The highest BCUT2D eigenvalue weighted by atomic mass is 14.3. The van der Waals surface area contributed by atoms with Gasteiger partial charge in [0.15, 0.2) is 0 Å². The zero-order chi connectivity index (χ0) is 14.2. The second-order valence-corrected chi connectivity index (χ2v) is 7.99. The molecular weight excluding hydrogens is 227 g/mol. The van der Waals surface area contributed by atoms with Crippen LogP contribution in [0.3, 0.4) is 0 Å². The van der Waals surface area contributed by atoms with Crippen molar-refractivity contribution in [3.8, 4) is 0 Å². The third-order valence-corrected chi connectivity index (χ3v) is 5.25. The van der Waals surface area contributed by atoms with Gasteiger partial charge >= 0.3 is 0 Å². The summed E-state index contributed by atoms with van der Waals surface area (Å²) in [6.45, 7) is 7.44. The molecule has 0 aromatic rings. The third kappa shape index (κ3) is 7.42. The summed E-state index contributed by atoms with van der Waals surface area (Å²) < 4.78 is 0. The lowest BCUT2D eigenvalue weighted by molar-refractivity contribution is 0.209. The van der Waals surface area contributed by atoms with Crippen molar-refractivity contribution >= 4 is 7.85 Å². The fourth-order valence-electron chi connectivity index (χ4n) is 3.69. The third-order valence-electron chi connectivity index (χ3n) is 5.25. The smallest absolute Gasteiger partial charge is 0.0653 e. The molecule has 1 atom stereocenters. The molecule has 1 rings (SSSR count). The van der Waals surface area contributed by atoms with Crippen molar-refractivity contribution in [2.24, 2.45) is 10.8 Å². The monoisotopic (exact) mass is 262 g/mol. The standard InChI is InChI=1S/C18H35B/c1-17(2)11-6-4-5-7-13-18(3,15-10-16-19)14-9-8-12-17/h4-16H2,1-3H3. The molecule has 1 saturated carbocycles. The molecule has 0 aromatic carbocycles. The summed E-state index contributed by atoms with van der Waals surface area (Å²) in [6.07, 6.45) is 17.7. The van der Waals surface area contributed by atoms with Crippen molar-refractivity contribution in [2.45, 2.75) is 104 Å². The first kappa shape index (κ1) is 17.1. The summed E-state index contributed by atoms with van der Waals surface area (Å²) in [5, 5.41) is 0. The van der Waals surface area contributed by atoms with E-state index in [1.807, 2.05) is 0 Å². The Bertz CT molecular complexity index is 234. The van der Waals surface area contributed by atoms with Crippen LogP contribution >= 0.6 is 0 Å². The van der Waals surface area contributed by atoms with Crippen LogP contribution in [-0.2, 0) is 0 Å². The molecule has 0 bridgehead atoms. The van der Waals surface area contributed by atoms with Crippen molar-refractivity contribution < 1.29 is 0 Å². The zero-order valence-electron chi connectivity index (χ0n) is 13.8. The highest BCUT2D eigenvalue weighted by Crippen LogP contribution is 2.38. The molecule has 1 heteroatoms. The fraction of sp³-hybridized carbons (Fsp3) is 1.00. The summed E-state index contributed by atoms with van der Waals surface area (Å²) in [7, 11) is 5.71. The van der Waals surface area contributed by atoms with Gasteiger partial charge in [0.05, 0.1) is 7.85 Å². The first-order valence-corrected chi connectivity index (χ1v) is 8.68. The Balaban J connectivity index is 2.48. The van der Waals surface area contributed by atoms with Crippen LogP contribution in [-0.4, -0.2) is 7.85 Å². The molecule has 0 amide bonds. The minimum atomic E-state index is 0.572. The Morgan fingerprint density at radius 2 is 1.21 bits per heavy atom. The van der Waals surface area contributed by atoms with Crippen LogP contribution in [0.25, 0.3) is 0 Å². The summed E-state index contributed by atoms with van der Waals surface area (Å²) in [4.78, 5) is 0. The average molecular weight is 262 g/mol. The molecule has 2 radical (unpaired) electrons. The Labute approximate surface area is 123 Å². The van der Waals surface area contributed by atoms with Gasteiger partial charge in [0, 0.05) is 0 Å². The van der Waals surface area contributed by atoms with E-state index in [2.05, 4.69) is 20.8 Å². The molecule has 0 saturated heterocycles. The van der Waals surface area contributed by atoms with Crippen LogP contribution in [0.2, 0.25) is 6.32 Å². The van der Waals surface area contributed by atoms with Crippen LogP contribution in [0, 0.1) is 10.8 Å². The normalized spacial score (nSPS) is 30.3. The summed E-state index contributed by atoms with van der Waals surface area (Å²) >= 11 is 0. The van der Waals surface area contributed by atoms with Gasteiger partial charge in [-0.05, 0) is 42.9 Å². The van der Waals surface area contributed by atoms with E-state index in [4.69, 9.17) is 7.85 Å². The number of rotatable bonds is 3. The van der Waals surface area contributed by atoms with Gasteiger partial charge in [-0.15, -0.1) is 0 Å². The van der Waals surface area contributed by atoms with E-state index in [0.29, 0.717) is 10.8 Å². The van der Waals surface area contributed by atoms with Crippen LogP contribution in [0.1, 0.15) is 97.8 Å². The number of hydrogen-bond donors (Lipinski definition) is 0. The van der Waals surface area contributed by atoms with Crippen molar-refractivity contribution in [1.29, 1.82) is 0 Å². The van der Waals surface area contributed by atoms with Crippen molar-refractivity contribution in [3.05, 3.63) is 0 Å². The highest BCUT2D eigenvalue weighted by molar-refractivity contribution is 6.08. The Morgan fingerprint density at radius 3 is 1.79 bits per heavy atom. The first-order valence-electron chi connectivity index (χ1n) is 8.68. The minimum Gasteiger partial charge on any atom is -0.0887 e. The lowest BCUT2D eigenvalue weighted by Gasteiger charge is -2.32. The topological polar surface area (TPSA) is 0 Å². The fourth-order valence-corrected chi connectivity index (χ4v) is 3.69. The maximum absolute atomic E-state index is 5.71. The van der Waals surface area contributed by atoms with E-state index in [0.717, 1.165) is 6.32 Å². The molecule has 1 aliphatic rings. The summed E-state index contributed by atoms with van der Waals surface area (Å²) in [5.74, 6) is 0. The van der Waals surface area contributed by atoms with Crippen molar-refractivity contribution in [3.63, 3.8) is 0 Å². The molecule has 1 unspecified atom stereocenters. The molecule has 19 heavy (non-hydrogen) atoms. The van der Waals surface area contributed by atoms with Gasteiger partial charge in [0.1, 0.15) is 0 Å². The van der Waals surface area contributed by atoms with Crippen molar-refractivity contribution in [1.82, 2.24) is 0 Å². The number of hydrogen-bond acceptors (Lipinski definition) is 0. The average Bonchev–Trinajstić information content (AvgIpc) is 2.35. The predicted molar refractivity (Wildman–Crippen MR) is 87.9 cm³/mol. The van der Waals surface area contributed by atoms with E-state index in [1.165, 1.54) is 77.0 Å². The molecule has 0 nitrogen and oxygen atoms in total. The van der Waals surface area contributed by atoms with E-state index < -0.39 is 0 Å². The molecule has 1 aliphatic carbocycles. The quantitative estimate of drug-likeness (QED) is 0.523. The molecule has 0 aliphatic heterocycles. The Kier molecular flexibility index (Phi) is 7.54. The van der Waals surface area contributed by atoms with Gasteiger partial charge in [-0.2, -0.15) is 0 Å². The molecular formula is C18H35B. The Hall–Kier alpha value is 0.0649. The molecule has 0 spiro atoms. The molecule has 0 heterocycles. The van der Waals surface area contributed by atoms with Gasteiger partial charge in [0.25, 0.3) is 0 Å². The molecule has 0 N–H and O–H groups in total. The lowest BCUT2D eigenvalue weighted by Crippen LogP contribution is -2.18. The van der Waals surface area contributed by atoms with E-state index >= 15 is 0 Å². The minimum absolute atomic E-state index is 0.572. The highest BCUT2D eigenvalue weighted by Gasteiger charge is 2.24. The largest absolute Gasteiger partial charge is 0.0887 e. The summed E-state index contributed by atoms with van der Waals surface area (Å²) in [6, 6.07) is 0. The SMILES string of the molecule is [B]CCCC1(C)CCCCCCC(C)(C)CCCC1. The molecule has 1 fully saturated rings. The van der Waals surface area contributed by atoms with E-state index in [-0.39, 0.29) is 0 Å². The van der Waals surface area contributed by atoms with Crippen LogP contribution < -0.4 is 0 Å². The Morgan fingerprint density at radius 1 is 0.737 bits per heavy atom. The van der Waals surface area contributed by atoms with Crippen molar-refractivity contribution in [2.75, 3.05) is 0 Å². The molecule has 110 valence electrons. The second kappa shape index (κ2) is 8.37. The van der Waals surface area contributed by atoms with E-state index in [1.54, 1.807) is 0 Å². The lowest BCUT2D eigenvalue weighted by atomic mass is 9.73.